The normalized spacial score (nSPS) is 17.5. The summed E-state index contributed by atoms with van der Waals surface area (Å²) in [6.07, 6.45) is 4.54. The van der Waals surface area contributed by atoms with Gasteiger partial charge in [0, 0.05) is 17.5 Å². The topological polar surface area (TPSA) is 3.88 Å². The number of allylic oxidation sites excluding steroid dienone is 2. The van der Waals surface area contributed by atoms with Crippen molar-refractivity contribution in [1.82, 2.24) is 0 Å². The maximum absolute atomic E-state index is 2.40. The second-order valence-corrected chi connectivity index (χ2v) is 6.35. The molecule has 3 rings (SSSR count). The van der Waals surface area contributed by atoms with E-state index < -0.39 is 0 Å². The first-order chi connectivity index (χ1) is 9.50. The molecule has 0 amide bonds. The molecule has 20 heavy (non-hydrogen) atoms. The van der Waals surface area contributed by atoms with Gasteiger partial charge in [-0.25, -0.2) is 4.57 Å². The number of aryl methyl sites for hydroxylation is 2. The second kappa shape index (κ2) is 4.59. The standard InChI is InChI=1S/C19H22N/c1-14-9-5-6-10-15(14)18(16-13-19(16,2)3)17-11-7-8-12-20(17)4/h5-13,18H,1-4H3/q+1. The number of pyridine rings is 1. The Kier molecular flexibility index (Phi) is 3.01. The lowest BCUT2D eigenvalue weighted by atomic mass is 9.85. The number of nitrogens with zero attached hydrogens (tertiary/aromatic N) is 1. The number of hydrogen-bond donors (Lipinski definition) is 0. The summed E-state index contributed by atoms with van der Waals surface area (Å²) >= 11 is 0. The molecule has 1 heteroatoms. The average molecular weight is 264 g/mol. The highest BCUT2D eigenvalue weighted by Crippen LogP contribution is 2.53. The van der Waals surface area contributed by atoms with E-state index in [0.717, 1.165) is 0 Å². The highest BCUT2D eigenvalue weighted by atomic mass is 14.9. The Hall–Kier alpha value is -1.89. The van der Waals surface area contributed by atoms with Crippen molar-refractivity contribution in [2.24, 2.45) is 12.5 Å². The zero-order chi connectivity index (χ0) is 14.3. The fourth-order valence-electron chi connectivity index (χ4n) is 3.04. The van der Waals surface area contributed by atoms with Crippen LogP contribution in [0.2, 0.25) is 0 Å². The molecule has 1 nitrogen and oxygen atoms in total. The van der Waals surface area contributed by atoms with Gasteiger partial charge in [-0.1, -0.05) is 50.3 Å². The Morgan fingerprint density at radius 1 is 1.00 bits per heavy atom. The molecule has 0 radical (unpaired) electrons. The van der Waals surface area contributed by atoms with Gasteiger partial charge in [0.1, 0.15) is 7.05 Å². The lowest BCUT2D eigenvalue weighted by molar-refractivity contribution is -0.679. The summed E-state index contributed by atoms with van der Waals surface area (Å²) < 4.78 is 2.24. The zero-order valence-corrected chi connectivity index (χ0v) is 12.7. The van der Waals surface area contributed by atoms with E-state index in [9.17, 15) is 0 Å². The Morgan fingerprint density at radius 3 is 2.25 bits per heavy atom. The summed E-state index contributed by atoms with van der Waals surface area (Å²) in [6, 6.07) is 15.2. The minimum absolute atomic E-state index is 0.260. The van der Waals surface area contributed by atoms with Crippen LogP contribution in [0.5, 0.6) is 0 Å². The van der Waals surface area contributed by atoms with E-state index in [0.29, 0.717) is 5.92 Å². The van der Waals surface area contributed by atoms with Gasteiger partial charge in [0.15, 0.2) is 11.9 Å². The number of aromatic nitrogens is 1. The van der Waals surface area contributed by atoms with E-state index in [1.54, 1.807) is 0 Å². The van der Waals surface area contributed by atoms with Crippen LogP contribution in [0.1, 0.15) is 36.6 Å². The Bertz CT molecular complexity index is 634. The van der Waals surface area contributed by atoms with Crippen LogP contribution >= 0.6 is 0 Å². The zero-order valence-electron chi connectivity index (χ0n) is 12.7. The maximum atomic E-state index is 2.40. The second-order valence-electron chi connectivity index (χ2n) is 6.35. The van der Waals surface area contributed by atoms with Crippen LogP contribution in [0.25, 0.3) is 0 Å². The van der Waals surface area contributed by atoms with E-state index in [2.05, 4.69) is 87.1 Å². The molecular formula is C19H22N+. The van der Waals surface area contributed by atoms with Crippen molar-refractivity contribution in [3.63, 3.8) is 0 Å². The van der Waals surface area contributed by atoms with Gasteiger partial charge in [0.25, 0.3) is 0 Å². The minimum Gasteiger partial charge on any atom is -0.204 e. The Balaban J connectivity index is 2.14. The van der Waals surface area contributed by atoms with Crippen LogP contribution in [0, 0.1) is 12.3 Å². The molecule has 0 saturated carbocycles. The molecule has 0 N–H and O–H groups in total. The van der Waals surface area contributed by atoms with E-state index in [4.69, 9.17) is 0 Å². The smallest absolute Gasteiger partial charge is 0.192 e. The van der Waals surface area contributed by atoms with Crippen LogP contribution in [0.15, 0.2) is 60.3 Å². The van der Waals surface area contributed by atoms with Gasteiger partial charge in [-0.15, -0.1) is 0 Å². The molecule has 0 fully saturated rings. The average Bonchev–Trinajstić information content (AvgIpc) is 3.03. The molecule has 1 aromatic heterocycles. The monoisotopic (exact) mass is 264 g/mol. The first-order valence-electron chi connectivity index (χ1n) is 7.24. The van der Waals surface area contributed by atoms with Crippen molar-refractivity contribution in [1.29, 1.82) is 0 Å². The largest absolute Gasteiger partial charge is 0.204 e. The summed E-state index contributed by atoms with van der Waals surface area (Å²) in [5.74, 6) is 0.373. The fourth-order valence-corrected chi connectivity index (χ4v) is 3.04. The molecule has 1 aliphatic carbocycles. The van der Waals surface area contributed by atoms with Crippen molar-refractivity contribution in [2.75, 3.05) is 0 Å². The molecule has 0 aliphatic heterocycles. The summed E-state index contributed by atoms with van der Waals surface area (Å²) in [7, 11) is 2.14. The maximum Gasteiger partial charge on any atom is 0.192 e. The minimum atomic E-state index is 0.260. The summed E-state index contributed by atoms with van der Waals surface area (Å²) in [5.41, 5.74) is 5.94. The quantitative estimate of drug-likeness (QED) is 0.584. The highest BCUT2D eigenvalue weighted by molar-refractivity contribution is 5.51. The number of hydrogen-bond acceptors (Lipinski definition) is 0. The molecular weight excluding hydrogens is 242 g/mol. The first kappa shape index (κ1) is 13.1. The molecule has 1 atom stereocenters. The lowest BCUT2D eigenvalue weighted by Crippen LogP contribution is -2.35. The molecule has 102 valence electrons. The van der Waals surface area contributed by atoms with Gasteiger partial charge in [-0.2, -0.15) is 0 Å². The molecule has 1 heterocycles. The summed E-state index contributed by atoms with van der Waals surface area (Å²) in [4.78, 5) is 0. The van der Waals surface area contributed by atoms with Crippen molar-refractivity contribution in [2.45, 2.75) is 26.7 Å². The van der Waals surface area contributed by atoms with Crippen LogP contribution in [0.3, 0.4) is 0 Å². The Labute approximate surface area is 121 Å². The highest BCUT2D eigenvalue weighted by Gasteiger charge is 2.43. The third-order valence-electron chi connectivity index (χ3n) is 4.38. The van der Waals surface area contributed by atoms with Gasteiger partial charge in [0.05, 0.1) is 5.92 Å². The van der Waals surface area contributed by atoms with E-state index >= 15 is 0 Å². The van der Waals surface area contributed by atoms with Gasteiger partial charge in [0.2, 0.25) is 0 Å². The lowest BCUT2D eigenvalue weighted by Gasteiger charge is -2.18. The van der Waals surface area contributed by atoms with Gasteiger partial charge < -0.3 is 0 Å². The van der Waals surface area contributed by atoms with Gasteiger partial charge in [-0.05, 0) is 23.6 Å². The predicted octanol–water partition coefficient (Wildman–Crippen LogP) is 3.92. The van der Waals surface area contributed by atoms with Crippen molar-refractivity contribution in [3.05, 3.63) is 77.1 Å². The van der Waals surface area contributed by atoms with Crippen LogP contribution in [0.4, 0.5) is 0 Å². The summed E-state index contributed by atoms with van der Waals surface area (Å²) in [6.45, 7) is 6.81. The molecule has 1 aliphatic rings. The first-order valence-corrected chi connectivity index (χ1v) is 7.24. The Morgan fingerprint density at radius 2 is 1.65 bits per heavy atom. The van der Waals surface area contributed by atoms with Crippen molar-refractivity contribution < 1.29 is 4.57 Å². The van der Waals surface area contributed by atoms with Crippen molar-refractivity contribution in [3.8, 4) is 0 Å². The van der Waals surface area contributed by atoms with Crippen LogP contribution in [-0.2, 0) is 7.05 Å². The summed E-state index contributed by atoms with van der Waals surface area (Å²) in [5, 5.41) is 0. The van der Waals surface area contributed by atoms with Crippen LogP contribution in [-0.4, -0.2) is 0 Å². The molecule has 1 unspecified atom stereocenters. The van der Waals surface area contributed by atoms with Crippen LogP contribution < -0.4 is 4.57 Å². The van der Waals surface area contributed by atoms with E-state index in [1.165, 1.54) is 22.4 Å². The number of benzene rings is 1. The SMILES string of the molecule is Cc1ccccc1C(C1=CC1(C)C)c1cccc[n+]1C. The number of rotatable bonds is 3. The molecule has 2 aromatic rings. The van der Waals surface area contributed by atoms with Gasteiger partial charge >= 0.3 is 0 Å². The van der Waals surface area contributed by atoms with E-state index in [-0.39, 0.29) is 5.41 Å². The predicted molar refractivity (Wildman–Crippen MR) is 82.5 cm³/mol. The third-order valence-corrected chi connectivity index (χ3v) is 4.38. The molecule has 0 saturated heterocycles. The molecule has 1 aromatic carbocycles. The molecule has 0 spiro atoms. The third kappa shape index (κ3) is 2.18. The van der Waals surface area contributed by atoms with E-state index in [1.807, 2.05) is 0 Å². The molecule has 0 bridgehead atoms. The van der Waals surface area contributed by atoms with Crippen molar-refractivity contribution >= 4 is 0 Å². The van der Waals surface area contributed by atoms with Gasteiger partial charge in [-0.3, -0.25) is 0 Å². The fraction of sp³-hybridized carbons (Fsp3) is 0.316.